The van der Waals surface area contributed by atoms with E-state index in [1.807, 2.05) is 24.6 Å². The standard InChI is InChI=1S/C15H20N4O/c1-10-17-18-15(19(10)2)9-20-12-6-7-13-11(8-12)4-3-5-14(13)16/h6-8,14H,3-5,9,16H2,1-2H3. The lowest BCUT2D eigenvalue weighted by Crippen LogP contribution is -2.17. The summed E-state index contributed by atoms with van der Waals surface area (Å²) in [5.41, 5.74) is 8.70. The lowest BCUT2D eigenvalue weighted by atomic mass is 9.88. The van der Waals surface area contributed by atoms with Crippen LogP contribution in [-0.4, -0.2) is 14.8 Å². The molecule has 20 heavy (non-hydrogen) atoms. The molecule has 1 aromatic carbocycles. The van der Waals surface area contributed by atoms with Crippen molar-refractivity contribution in [3.05, 3.63) is 41.0 Å². The number of hydrogen-bond donors (Lipinski definition) is 1. The summed E-state index contributed by atoms with van der Waals surface area (Å²) < 4.78 is 7.76. The van der Waals surface area contributed by atoms with Crippen LogP contribution in [0.3, 0.4) is 0 Å². The minimum absolute atomic E-state index is 0.175. The van der Waals surface area contributed by atoms with Gasteiger partial charge in [-0.2, -0.15) is 0 Å². The van der Waals surface area contributed by atoms with Crippen LogP contribution in [0.2, 0.25) is 0 Å². The van der Waals surface area contributed by atoms with Gasteiger partial charge in [-0.3, -0.25) is 0 Å². The number of hydrogen-bond acceptors (Lipinski definition) is 4. The summed E-state index contributed by atoms with van der Waals surface area (Å²) in [7, 11) is 1.94. The number of nitrogens with two attached hydrogens (primary N) is 1. The maximum atomic E-state index is 6.12. The van der Waals surface area contributed by atoms with Gasteiger partial charge < -0.3 is 15.0 Å². The summed E-state index contributed by atoms with van der Waals surface area (Å²) in [5, 5.41) is 8.12. The number of aryl methyl sites for hydroxylation is 2. The van der Waals surface area contributed by atoms with E-state index in [4.69, 9.17) is 10.5 Å². The van der Waals surface area contributed by atoms with Crippen LogP contribution in [0.4, 0.5) is 0 Å². The summed E-state index contributed by atoms with van der Waals surface area (Å²) in [6, 6.07) is 6.37. The minimum atomic E-state index is 0.175. The highest BCUT2D eigenvalue weighted by Gasteiger charge is 2.17. The molecule has 0 bridgehead atoms. The normalized spacial score (nSPS) is 17.9. The number of ether oxygens (including phenoxy) is 1. The molecule has 1 unspecified atom stereocenters. The fourth-order valence-corrected chi connectivity index (χ4v) is 2.64. The van der Waals surface area contributed by atoms with Crippen molar-refractivity contribution < 1.29 is 4.74 Å². The monoisotopic (exact) mass is 272 g/mol. The van der Waals surface area contributed by atoms with Crippen molar-refractivity contribution in [2.45, 2.75) is 38.8 Å². The predicted octanol–water partition coefficient (Wildman–Crippen LogP) is 2.04. The third kappa shape index (κ3) is 2.41. The second-order valence-electron chi connectivity index (χ2n) is 5.37. The minimum Gasteiger partial charge on any atom is -0.486 e. The highest BCUT2D eigenvalue weighted by atomic mass is 16.5. The molecule has 0 aliphatic heterocycles. The summed E-state index contributed by atoms with van der Waals surface area (Å²) in [5.74, 6) is 2.59. The Labute approximate surface area is 118 Å². The van der Waals surface area contributed by atoms with E-state index in [0.29, 0.717) is 6.61 Å². The first-order chi connectivity index (χ1) is 9.65. The quantitative estimate of drug-likeness (QED) is 0.928. The molecule has 1 aromatic heterocycles. The Balaban J connectivity index is 1.74. The molecule has 0 spiro atoms. The van der Waals surface area contributed by atoms with Gasteiger partial charge in [-0.05, 0) is 49.4 Å². The van der Waals surface area contributed by atoms with Crippen molar-refractivity contribution in [3.8, 4) is 5.75 Å². The topological polar surface area (TPSA) is 66.0 Å². The molecule has 106 valence electrons. The van der Waals surface area contributed by atoms with Gasteiger partial charge in [-0.1, -0.05) is 6.07 Å². The van der Waals surface area contributed by atoms with Crippen LogP contribution in [-0.2, 0) is 20.1 Å². The first-order valence-electron chi connectivity index (χ1n) is 7.01. The van der Waals surface area contributed by atoms with E-state index in [9.17, 15) is 0 Å². The van der Waals surface area contributed by atoms with Crippen LogP contribution in [0.25, 0.3) is 0 Å². The second kappa shape index (κ2) is 5.25. The fraction of sp³-hybridized carbons (Fsp3) is 0.467. The van der Waals surface area contributed by atoms with E-state index in [2.05, 4.69) is 22.3 Å². The van der Waals surface area contributed by atoms with Crippen LogP contribution < -0.4 is 10.5 Å². The average Bonchev–Trinajstić information content (AvgIpc) is 2.77. The molecule has 5 nitrogen and oxygen atoms in total. The Morgan fingerprint density at radius 3 is 3.00 bits per heavy atom. The second-order valence-corrected chi connectivity index (χ2v) is 5.37. The Morgan fingerprint density at radius 1 is 1.40 bits per heavy atom. The first-order valence-corrected chi connectivity index (χ1v) is 7.01. The zero-order chi connectivity index (χ0) is 14.1. The molecule has 0 saturated heterocycles. The number of aromatic nitrogens is 3. The molecular weight excluding hydrogens is 252 g/mol. The van der Waals surface area contributed by atoms with Crippen molar-refractivity contribution in [1.82, 2.24) is 14.8 Å². The van der Waals surface area contributed by atoms with Gasteiger partial charge >= 0.3 is 0 Å². The van der Waals surface area contributed by atoms with Gasteiger partial charge in [0.1, 0.15) is 18.2 Å². The lowest BCUT2D eigenvalue weighted by Gasteiger charge is -2.22. The summed E-state index contributed by atoms with van der Waals surface area (Å²) in [4.78, 5) is 0. The van der Waals surface area contributed by atoms with Gasteiger partial charge in [0, 0.05) is 13.1 Å². The van der Waals surface area contributed by atoms with E-state index in [1.54, 1.807) is 0 Å². The van der Waals surface area contributed by atoms with Crippen molar-refractivity contribution in [3.63, 3.8) is 0 Å². The largest absolute Gasteiger partial charge is 0.486 e. The Morgan fingerprint density at radius 2 is 2.25 bits per heavy atom. The molecule has 0 fully saturated rings. The molecule has 1 aliphatic carbocycles. The molecule has 3 rings (SSSR count). The Bertz CT molecular complexity index is 620. The molecule has 0 saturated carbocycles. The third-order valence-electron chi connectivity index (χ3n) is 4.03. The van der Waals surface area contributed by atoms with Gasteiger partial charge in [0.15, 0.2) is 5.82 Å². The molecule has 2 N–H and O–H groups in total. The summed E-state index contributed by atoms with van der Waals surface area (Å²) in [6.07, 6.45) is 3.31. The zero-order valence-electron chi connectivity index (χ0n) is 12.0. The molecule has 0 amide bonds. The smallest absolute Gasteiger partial charge is 0.170 e. The summed E-state index contributed by atoms with van der Waals surface area (Å²) >= 11 is 0. The molecule has 5 heteroatoms. The molecule has 2 aromatic rings. The average molecular weight is 272 g/mol. The number of fused-ring (bicyclic) bond motifs is 1. The maximum absolute atomic E-state index is 6.12. The van der Waals surface area contributed by atoms with E-state index in [-0.39, 0.29) is 6.04 Å². The van der Waals surface area contributed by atoms with Crippen LogP contribution >= 0.6 is 0 Å². The number of benzene rings is 1. The highest BCUT2D eigenvalue weighted by Crippen LogP contribution is 2.30. The molecule has 1 aliphatic rings. The first kappa shape index (κ1) is 13.1. The zero-order valence-corrected chi connectivity index (χ0v) is 12.0. The van der Waals surface area contributed by atoms with Crippen LogP contribution in [0, 0.1) is 6.92 Å². The maximum Gasteiger partial charge on any atom is 0.170 e. The van der Waals surface area contributed by atoms with E-state index in [1.165, 1.54) is 11.1 Å². The molecule has 1 heterocycles. The van der Waals surface area contributed by atoms with Gasteiger partial charge in [0.2, 0.25) is 0 Å². The van der Waals surface area contributed by atoms with Gasteiger partial charge in [-0.15, -0.1) is 10.2 Å². The van der Waals surface area contributed by atoms with Crippen LogP contribution in [0.5, 0.6) is 5.75 Å². The number of nitrogens with zero attached hydrogens (tertiary/aromatic N) is 3. The van der Waals surface area contributed by atoms with Crippen molar-refractivity contribution in [2.24, 2.45) is 12.8 Å². The number of rotatable bonds is 3. The SMILES string of the molecule is Cc1nnc(COc2ccc3c(c2)CCCC3N)n1C. The molecule has 0 radical (unpaired) electrons. The van der Waals surface area contributed by atoms with Crippen molar-refractivity contribution in [2.75, 3.05) is 0 Å². The predicted molar refractivity (Wildman–Crippen MR) is 76.4 cm³/mol. The lowest BCUT2D eigenvalue weighted by molar-refractivity contribution is 0.290. The van der Waals surface area contributed by atoms with E-state index >= 15 is 0 Å². The Hall–Kier alpha value is -1.88. The van der Waals surface area contributed by atoms with Gasteiger partial charge in [0.25, 0.3) is 0 Å². The van der Waals surface area contributed by atoms with Gasteiger partial charge in [-0.25, -0.2) is 0 Å². The van der Waals surface area contributed by atoms with Crippen LogP contribution in [0.15, 0.2) is 18.2 Å². The van der Waals surface area contributed by atoms with Gasteiger partial charge in [0.05, 0.1) is 0 Å². The van der Waals surface area contributed by atoms with Crippen molar-refractivity contribution in [1.29, 1.82) is 0 Å². The Kier molecular flexibility index (Phi) is 3.44. The van der Waals surface area contributed by atoms with E-state index < -0.39 is 0 Å². The van der Waals surface area contributed by atoms with E-state index in [0.717, 1.165) is 36.7 Å². The molecule has 1 atom stereocenters. The third-order valence-corrected chi connectivity index (χ3v) is 4.03. The molecular formula is C15H20N4O. The van der Waals surface area contributed by atoms with Crippen LogP contribution in [0.1, 0.15) is 41.7 Å². The highest BCUT2D eigenvalue weighted by molar-refractivity contribution is 5.38. The van der Waals surface area contributed by atoms with Crippen molar-refractivity contribution >= 4 is 0 Å². The fourth-order valence-electron chi connectivity index (χ4n) is 2.64. The summed E-state index contributed by atoms with van der Waals surface area (Å²) in [6.45, 7) is 2.36.